The predicted octanol–water partition coefficient (Wildman–Crippen LogP) is -7.44. The van der Waals surface area contributed by atoms with E-state index in [1.807, 2.05) is 0 Å². The highest BCUT2D eigenvalue weighted by atomic mass is 19.4. The lowest BCUT2D eigenvalue weighted by molar-refractivity contribution is -0.273. The molecule has 0 atom stereocenters. The number of carbonyl (C=O) groups excluding carboxylic acids is 1. The first-order valence-electron chi connectivity index (χ1n) is 11.6. The van der Waals surface area contributed by atoms with Crippen molar-refractivity contribution in [3.63, 3.8) is 0 Å². The van der Waals surface area contributed by atoms with Crippen molar-refractivity contribution in [2.45, 2.75) is 22.4 Å². The van der Waals surface area contributed by atoms with Crippen LogP contribution < -0.4 is 48.0 Å². The molecule has 0 saturated heterocycles. The molecular formula is C21H3B13F3N3O3. The molecule has 0 saturated carbocycles. The van der Waals surface area contributed by atoms with Gasteiger partial charge in [0.15, 0.2) is 0 Å². The van der Waals surface area contributed by atoms with E-state index in [1.54, 1.807) is 0 Å². The van der Waals surface area contributed by atoms with Crippen molar-refractivity contribution < 1.29 is 27.4 Å². The topological polar surface area (TPSA) is 64.6 Å². The van der Waals surface area contributed by atoms with Crippen LogP contribution >= 0.6 is 0 Å². The van der Waals surface area contributed by atoms with E-state index in [-0.39, 0.29) is 33.5 Å². The van der Waals surface area contributed by atoms with Gasteiger partial charge in [-0.05, 0) is 39.8 Å². The van der Waals surface area contributed by atoms with Crippen molar-refractivity contribution in [1.82, 2.24) is 14.9 Å². The number of amides is 1. The molecular weight excluding hydrogens is 540 g/mol. The van der Waals surface area contributed by atoms with E-state index in [0.717, 1.165) is 6.07 Å². The first kappa shape index (κ1) is 33.1. The van der Waals surface area contributed by atoms with Crippen LogP contribution in [-0.4, -0.2) is 140 Å². The molecule has 0 fully saturated rings. The summed E-state index contributed by atoms with van der Waals surface area (Å²) in [5, 5.41) is -7.97. The second kappa shape index (κ2) is 10.7. The molecule has 1 aliphatic rings. The van der Waals surface area contributed by atoms with Crippen LogP contribution in [0.5, 0.6) is 11.5 Å². The number of hydrogen-bond acceptors (Lipinski definition) is 5. The molecule has 1 aliphatic heterocycles. The third-order valence-electron chi connectivity index (χ3n) is 6.54. The quantitative estimate of drug-likeness (QED) is 0.307. The SMILES string of the molecule is [B]c1nc(C([B])([B])N2C(=O)c3cc(-c4c([B])c([B])c(OC(F)(F)F)c([B])c4[B])ccc3OC([B])([B])C2([B])[B])nc([B])c1[B]. The zero-order valence-corrected chi connectivity index (χ0v) is 21.9. The predicted molar refractivity (Wildman–Crippen MR) is 167 cm³/mol. The van der Waals surface area contributed by atoms with Gasteiger partial charge < -0.3 is 14.4 Å². The zero-order valence-electron chi connectivity index (χ0n) is 21.9. The minimum Gasteiger partial charge on any atom is -0.505 e. The van der Waals surface area contributed by atoms with E-state index in [1.165, 1.54) is 12.1 Å². The van der Waals surface area contributed by atoms with Gasteiger partial charge in [0.1, 0.15) is 104 Å². The van der Waals surface area contributed by atoms with E-state index in [4.69, 9.17) is 107 Å². The Kier molecular flexibility index (Phi) is 8.23. The number of ether oxygens (including phenoxy) is 2. The number of hydrogen-bond donors (Lipinski definition) is 0. The fourth-order valence-corrected chi connectivity index (χ4v) is 4.27. The lowest BCUT2D eigenvalue weighted by Gasteiger charge is -2.55. The van der Waals surface area contributed by atoms with Gasteiger partial charge in [0.2, 0.25) is 0 Å². The zero-order chi connectivity index (χ0) is 32.6. The fourth-order valence-electron chi connectivity index (χ4n) is 4.27. The van der Waals surface area contributed by atoms with Crippen LogP contribution in [0.1, 0.15) is 16.2 Å². The van der Waals surface area contributed by atoms with E-state index < -0.39 is 67.3 Å². The number of benzene rings is 2. The Morgan fingerprint density at radius 2 is 1.33 bits per heavy atom. The molecule has 1 aromatic heterocycles. The van der Waals surface area contributed by atoms with Gasteiger partial charge in [-0.25, -0.2) is 9.97 Å². The molecule has 6 nitrogen and oxygen atoms in total. The maximum atomic E-state index is 14.1. The average molecular weight is 543 g/mol. The number of fused-ring (bicyclic) bond motifs is 1. The van der Waals surface area contributed by atoms with Crippen molar-refractivity contribution in [2.24, 2.45) is 0 Å². The van der Waals surface area contributed by atoms with Gasteiger partial charge in [-0.2, -0.15) is 0 Å². The van der Waals surface area contributed by atoms with Crippen LogP contribution in [0, 0.1) is 0 Å². The van der Waals surface area contributed by atoms with Gasteiger partial charge >= 0.3 is 6.36 Å². The summed E-state index contributed by atoms with van der Waals surface area (Å²) in [6.07, 6.45) is -5.17. The summed E-state index contributed by atoms with van der Waals surface area (Å²) in [6.45, 7) is 0. The largest absolute Gasteiger partial charge is 0.573 e. The lowest BCUT2D eigenvalue weighted by Crippen LogP contribution is -2.74. The molecule has 2 aromatic carbocycles. The van der Waals surface area contributed by atoms with Gasteiger partial charge in [-0.15, -0.1) is 13.2 Å². The summed E-state index contributed by atoms with van der Waals surface area (Å²) in [4.78, 5) is 22.3. The highest BCUT2D eigenvalue weighted by molar-refractivity contribution is 6.61. The van der Waals surface area contributed by atoms with Gasteiger partial charge in [0.05, 0.1) is 21.3 Å². The Bertz CT molecular complexity index is 1620. The number of alkyl halides is 3. The fraction of sp³-hybridized carbons (Fsp3) is 0.190. The summed E-state index contributed by atoms with van der Waals surface area (Å²) in [5.41, 5.74) is -3.84. The number of carbonyl (C=O) groups is 1. The molecule has 0 N–H and O–H groups in total. The first-order chi connectivity index (χ1) is 19.5. The molecule has 3 aromatic rings. The van der Waals surface area contributed by atoms with Gasteiger partial charge in [0, 0.05) is 10.7 Å². The number of aromatic nitrogens is 2. The molecule has 2 heterocycles. The molecule has 0 spiro atoms. The van der Waals surface area contributed by atoms with Gasteiger partial charge in [0.25, 0.3) is 5.91 Å². The highest BCUT2D eigenvalue weighted by Crippen LogP contribution is 2.40. The van der Waals surface area contributed by atoms with Crippen molar-refractivity contribution in [3.05, 3.63) is 29.6 Å². The molecule has 43 heavy (non-hydrogen) atoms. The average Bonchev–Trinajstić information content (AvgIpc) is 2.93. The second-order valence-corrected chi connectivity index (χ2v) is 9.54. The maximum absolute atomic E-state index is 14.1. The van der Waals surface area contributed by atoms with Crippen molar-refractivity contribution in [3.8, 4) is 22.6 Å². The molecule has 0 bridgehead atoms. The van der Waals surface area contributed by atoms with Crippen LogP contribution in [0.15, 0.2) is 18.2 Å². The van der Waals surface area contributed by atoms with Crippen LogP contribution in [0.3, 0.4) is 0 Å². The monoisotopic (exact) mass is 545 g/mol. The van der Waals surface area contributed by atoms with Crippen molar-refractivity contribution in [2.75, 3.05) is 0 Å². The highest BCUT2D eigenvalue weighted by Gasteiger charge is 2.52. The summed E-state index contributed by atoms with van der Waals surface area (Å²) < 4.78 is 48.3. The Balaban J connectivity index is 1.95. The van der Waals surface area contributed by atoms with Crippen LogP contribution in [0.25, 0.3) is 11.1 Å². The van der Waals surface area contributed by atoms with E-state index in [9.17, 15) is 18.0 Å². The maximum Gasteiger partial charge on any atom is 0.573 e. The Labute approximate surface area is 262 Å². The number of rotatable bonds is 4. The van der Waals surface area contributed by atoms with E-state index in [0.29, 0.717) is 4.90 Å². The van der Waals surface area contributed by atoms with Crippen molar-refractivity contribution in [1.29, 1.82) is 0 Å². The van der Waals surface area contributed by atoms with E-state index >= 15 is 0 Å². The second-order valence-electron chi connectivity index (χ2n) is 9.54. The summed E-state index contributed by atoms with van der Waals surface area (Å²) in [5.74, 6) is -3.08. The van der Waals surface area contributed by atoms with Crippen LogP contribution in [-0.2, 0) is 5.34 Å². The number of halogens is 3. The molecule has 4 rings (SSSR count). The van der Waals surface area contributed by atoms with Crippen LogP contribution in [0.2, 0.25) is 0 Å². The Morgan fingerprint density at radius 3 is 1.81 bits per heavy atom. The molecule has 0 unspecified atom stereocenters. The van der Waals surface area contributed by atoms with Gasteiger partial charge in [-0.1, -0.05) is 33.4 Å². The first-order valence-corrected chi connectivity index (χ1v) is 11.6. The van der Waals surface area contributed by atoms with E-state index in [2.05, 4.69) is 14.7 Å². The van der Waals surface area contributed by atoms with Gasteiger partial charge in [-0.3, -0.25) is 4.79 Å². The standard InChI is InChI=1S/C21H3B13F3N3O3/c22-8-7(9(23)11(25)13(10(8)24)43-21(35,36)37)4-1-2-6-5(3-4)16(41)40(19(31,32)20(33,34)42-6)18(29,30)17-38-14(27)12(26)15(28)39-17/h1-3H. The smallest absolute Gasteiger partial charge is 0.505 e. The molecule has 1 amide bonds. The molecule has 180 valence electrons. The Hall–Kier alpha value is -2.78. The molecule has 26 radical (unpaired) electrons. The third-order valence-corrected chi connectivity index (χ3v) is 6.54. The minimum absolute atomic E-state index is 0.0133. The summed E-state index contributed by atoms with van der Waals surface area (Å²) in [6, 6.07) is 3.56. The Morgan fingerprint density at radius 1 is 0.814 bits per heavy atom. The summed E-state index contributed by atoms with van der Waals surface area (Å²) >= 11 is 0. The number of nitrogens with zero attached hydrogens (tertiary/aromatic N) is 3. The normalized spacial score (nSPS) is 16.2. The summed E-state index contributed by atoms with van der Waals surface area (Å²) in [7, 11) is 78.2. The molecule has 22 heteroatoms. The minimum atomic E-state index is -5.17. The van der Waals surface area contributed by atoms with Crippen molar-refractivity contribution >= 4 is 146 Å². The van der Waals surface area contributed by atoms with Crippen LogP contribution in [0.4, 0.5) is 13.2 Å². The molecule has 0 aliphatic carbocycles. The lowest BCUT2D eigenvalue weighted by atomic mass is 9.37. The third kappa shape index (κ3) is 5.52.